The van der Waals surface area contributed by atoms with Crippen LogP contribution in [0.1, 0.15) is 36.9 Å². The van der Waals surface area contributed by atoms with Gasteiger partial charge in [-0.2, -0.15) is 0 Å². The molecule has 2 heterocycles. The van der Waals surface area contributed by atoms with E-state index in [1.54, 1.807) is 18.4 Å². The highest BCUT2D eigenvalue weighted by molar-refractivity contribution is 7.13. The first-order valence-electron chi connectivity index (χ1n) is 8.70. The Balaban J connectivity index is 1.48. The predicted molar refractivity (Wildman–Crippen MR) is 98.2 cm³/mol. The number of benzene rings is 1. The summed E-state index contributed by atoms with van der Waals surface area (Å²) in [4.78, 5) is 17.2. The Bertz CT molecular complexity index is 881. The van der Waals surface area contributed by atoms with Crippen molar-refractivity contribution in [3.8, 4) is 10.8 Å². The molecular formula is C20H19FN2O2S. The topological polar surface area (TPSA) is 55.1 Å². The Morgan fingerprint density at radius 1 is 1.23 bits per heavy atom. The third-order valence-corrected chi connectivity index (χ3v) is 5.76. The molecule has 0 unspecified atom stereocenters. The van der Waals surface area contributed by atoms with Crippen molar-refractivity contribution < 1.29 is 13.6 Å². The van der Waals surface area contributed by atoms with Gasteiger partial charge in [-0.15, -0.1) is 11.3 Å². The van der Waals surface area contributed by atoms with Gasteiger partial charge in [-0.1, -0.05) is 25.0 Å². The molecule has 1 fully saturated rings. The van der Waals surface area contributed by atoms with Crippen LogP contribution in [0.3, 0.4) is 0 Å². The van der Waals surface area contributed by atoms with Gasteiger partial charge in [-0.05, 0) is 42.7 Å². The second kappa shape index (κ2) is 7.03. The minimum atomic E-state index is -0.398. The first kappa shape index (κ1) is 17.0. The predicted octanol–water partition coefficient (Wildman–Crippen LogP) is 4.67. The molecule has 0 radical (unpaired) electrons. The second-order valence-corrected chi connectivity index (χ2v) is 7.50. The molecule has 0 aliphatic heterocycles. The Labute approximate surface area is 155 Å². The molecule has 0 atom stereocenters. The van der Waals surface area contributed by atoms with E-state index in [9.17, 15) is 9.18 Å². The third kappa shape index (κ3) is 3.42. The summed E-state index contributed by atoms with van der Waals surface area (Å²) in [6, 6.07) is 10.1. The van der Waals surface area contributed by atoms with Gasteiger partial charge < -0.3 is 9.73 Å². The monoisotopic (exact) mass is 370 g/mol. The average Bonchev–Trinajstić information content (AvgIpc) is 3.37. The van der Waals surface area contributed by atoms with E-state index in [0.717, 1.165) is 41.9 Å². The molecule has 3 aromatic rings. The summed E-state index contributed by atoms with van der Waals surface area (Å²) in [5, 5.41) is 5.86. The van der Waals surface area contributed by atoms with Gasteiger partial charge in [-0.25, -0.2) is 9.37 Å². The summed E-state index contributed by atoms with van der Waals surface area (Å²) in [6.07, 6.45) is 5.68. The summed E-state index contributed by atoms with van der Waals surface area (Å²) in [5.74, 6) is 0.383. The maximum atomic E-state index is 13.3. The molecule has 0 saturated heterocycles. The Morgan fingerprint density at radius 2 is 2.00 bits per heavy atom. The zero-order valence-electron chi connectivity index (χ0n) is 14.2. The van der Waals surface area contributed by atoms with Crippen molar-refractivity contribution in [1.82, 2.24) is 10.3 Å². The smallest absolute Gasteiger partial charge is 0.226 e. The van der Waals surface area contributed by atoms with Crippen molar-refractivity contribution in [2.45, 2.75) is 37.6 Å². The fourth-order valence-electron chi connectivity index (χ4n) is 3.61. The van der Waals surface area contributed by atoms with Gasteiger partial charge in [0.05, 0.1) is 23.9 Å². The van der Waals surface area contributed by atoms with E-state index in [0.29, 0.717) is 5.76 Å². The van der Waals surface area contributed by atoms with Gasteiger partial charge in [0.2, 0.25) is 5.91 Å². The van der Waals surface area contributed by atoms with Crippen molar-refractivity contribution >= 4 is 17.2 Å². The molecule has 26 heavy (non-hydrogen) atoms. The molecule has 0 bridgehead atoms. The number of aromatic nitrogens is 1. The second-order valence-electron chi connectivity index (χ2n) is 6.64. The number of halogens is 1. The lowest BCUT2D eigenvalue weighted by molar-refractivity contribution is -0.122. The summed E-state index contributed by atoms with van der Waals surface area (Å²) >= 11 is 1.46. The SMILES string of the molecule is O=C(Cc1csc(-c2ccco2)n1)NC1(c2ccc(F)cc2)CCCC1. The molecule has 1 aliphatic carbocycles. The van der Waals surface area contributed by atoms with Gasteiger partial charge >= 0.3 is 0 Å². The molecule has 4 rings (SSSR count). The molecular weight excluding hydrogens is 351 g/mol. The summed E-state index contributed by atoms with van der Waals surface area (Å²) in [5.41, 5.74) is 1.30. The van der Waals surface area contributed by atoms with Crippen LogP contribution in [0, 0.1) is 5.82 Å². The Morgan fingerprint density at radius 3 is 2.69 bits per heavy atom. The van der Waals surface area contributed by atoms with E-state index in [2.05, 4.69) is 10.3 Å². The van der Waals surface area contributed by atoms with E-state index >= 15 is 0 Å². The summed E-state index contributed by atoms with van der Waals surface area (Å²) in [7, 11) is 0. The lowest BCUT2D eigenvalue weighted by Crippen LogP contribution is -2.44. The largest absolute Gasteiger partial charge is 0.462 e. The molecule has 1 aliphatic rings. The van der Waals surface area contributed by atoms with Crippen LogP contribution in [0.2, 0.25) is 0 Å². The van der Waals surface area contributed by atoms with E-state index in [1.807, 2.05) is 17.5 Å². The van der Waals surface area contributed by atoms with Crippen molar-refractivity contribution in [3.05, 3.63) is 65.1 Å². The molecule has 2 aromatic heterocycles. The molecule has 1 saturated carbocycles. The number of nitrogens with one attached hydrogen (secondary N) is 1. The van der Waals surface area contributed by atoms with Crippen LogP contribution in [0.4, 0.5) is 4.39 Å². The van der Waals surface area contributed by atoms with Gasteiger partial charge in [0.1, 0.15) is 5.82 Å². The van der Waals surface area contributed by atoms with Gasteiger partial charge in [0.15, 0.2) is 10.8 Å². The number of carbonyl (C=O) groups excluding carboxylic acids is 1. The molecule has 1 aromatic carbocycles. The molecule has 1 amide bonds. The van der Waals surface area contributed by atoms with Gasteiger partial charge in [0, 0.05) is 5.38 Å². The number of carbonyl (C=O) groups is 1. The Kier molecular flexibility index (Phi) is 4.59. The normalized spacial score (nSPS) is 15.9. The standard InChI is InChI=1S/C20H19FN2O2S/c21-15-7-5-14(6-8-15)20(9-1-2-10-20)23-18(24)12-16-13-26-19(22-16)17-4-3-11-25-17/h3-8,11,13H,1-2,9-10,12H2,(H,23,24). The van der Waals surface area contributed by atoms with Crippen molar-refractivity contribution in [3.63, 3.8) is 0 Å². The molecule has 6 heteroatoms. The van der Waals surface area contributed by atoms with Crippen LogP contribution in [0.25, 0.3) is 10.8 Å². The van der Waals surface area contributed by atoms with Crippen molar-refractivity contribution in [2.24, 2.45) is 0 Å². The zero-order valence-corrected chi connectivity index (χ0v) is 15.0. The van der Waals surface area contributed by atoms with Crippen LogP contribution in [-0.4, -0.2) is 10.9 Å². The van der Waals surface area contributed by atoms with E-state index in [4.69, 9.17) is 4.42 Å². The highest BCUT2D eigenvalue weighted by atomic mass is 32.1. The van der Waals surface area contributed by atoms with Crippen LogP contribution in [0.15, 0.2) is 52.5 Å². The number of rotatable bonds is 5. The van der Waals surface area contributed by atoms with Crippen LogP contribution < -0.4 is 5.32 Å². The zero-order chi connectivity index (χ0) is 18.0. The van der Waals surface area contributed by atoms with Crippen LogP contribution in [-0.2, 0) is 16.8 Å². The fourth-order valence-corrected chi connectivity index (χ4v) is 4.40. The molecule has 0 spiro atoms. The third-order valence-electron chi connectivity index (χ3n) is 4.86. The minimum Gasteiger partial charge on any atom is -0.462 e. The summed E-state index contributed by atoms with van der Waals surface area (Å²) < 4.78 is 18.6. The van der Waals surface area contributed by atoms with Crippen LogP contribution in [0.5, 0.6) is 0 Å². The molecule has 4 nitrogen and oxygen atoms in total. The molecule has 1 N–H and O–H groups in total. The lowest BCUT2D eigenvalue weighted by Gasteiger charge is -2.31. The first-order valence-corrected chi connectivity index (χ1v) is 9.58. The van der Waals surface area contributed by atoms with E-state index in [-0.39, 0.29) is 18.1 Å². The quantitative estimate of drug-likeness (QED) is 0.710. The average molecular weight is 370 g/mol. The summed E-state index contributed by atoms with van der Waals surface area (Å²) in [6.45, 7) is 0. The van der Waals surface area contributed by atoms with Gasteiger partial charge in [-0.3, -0.25) is 4.79 Å². The minimum absolute atomic E-state index is 0.0625. The maximum absolute atomic E-state index is 13.3. The fraction of sp³-hybridized carbons (Fsp3) is 0.300. The lowest BCUT2D eigenvalue weighted by atomic mass is 9.88. The number of nitrogens with zero attached hydrogens (tertiary/aromatic N) is 1. The van der Waals surface area contributed by atoms with Crippen molar-refractivity contribution in [1.29, 1.82) is 0 Å². The van der Waals surface area contributed by atoms with E-state index < -0.39 is 5.54 Å². The number of hydrogen-bond donors (Lipinski definition) is 1. The highest BCUT2D eigenvalue weighted by Crippen LogP contribution is 2.39. The van der Waals surface area contributed by atoms with Gasteiger partial charge in [0.25, 0.3) is 0 Å². The first-order chi connectivity index (χ1) is 12.6. The van der Waals surface area contributed by atoms with E-state index in [1.165, 1.54) is 23.5 Å². The maximum Gasteiger partial charge on any atom is 0.226 e. The number of thiazole rings is 1. The van der Waals surface area contributed by atoms with Crippen LogP contribution >= 0.6 is 11.3 Å². The number of hydrogen-bond acceptors (Lipinski definition) is 4. The van der Waals surface area contributed by atoms with Crippen molar-refractivity contribution in [2.75, 3.05) is 0 Å². The number of furan rings is 1. The Hall–Kier alpha value is -2.47. The number of amides is 1. The molecule has 134 valence electrons. The highest BCUT2D eigenvalue weighted by Gasteiger charge is 2.37.